The summed E-state index contributed by atoms with van der Waals surface area (Å²) in [5.74, 6) is 0. The van der Waals surface area contributed by atoms with Crippen LogP contribution in [-0.4, -0.2) is 19.3 Å². The van der Waals surface area contributed by atoms with Crippen LogP contribution >= 0.6 is 23.6 Å². The summed E-state index contributed by atoms with van der Waals surface area (Å²) in [4.78, 5) is 15.5. The minimum Gasteiger partial charge on any atom is -0.331 e. The first-order chi connectivity index (χ1) is 9.06. The molecule has 0 saturated heterocycles. The molecular formula is C12H12N4OS2. The summed E-state index contributed by atoms with van der Waals surface area (Å²) in [6, 6.07) is 1.87. The summed E-state index contributed by atoms with van der Waals surface area (Å²) < 4.78 is 4.47. The fraction of sp³-hybridized carbons (Fsp3) is 0.250. The maximum atomic E-state index is 12.4. The van der Waals surface area contributed by atoms with Gasteiger partial charge in [0.2, 0.25) is 0 Å². The van der Waals surface area contributed by atoms with Crippen LogP contribution in [0.2, 0.25) is 0 Å². The van der Waals surface area contributed by atoms with Crippen LogP contribution in [0.4, 0.5) is 0 Å². The van der Waals surface area contributed by atoms with Crippen LogP contribution < -0.4 is 5.56 Å². The Bertz CT molecular complexity index is 868. The van der Waals surface area contributed by atoms with Gasteiger partial charge in [-0.25, -0.2) is 0 Å². The Kier molecular flexibility index (Phi) is 2.87. The number of fused-ring (bicyclic) bond motifs is 1. The van der Waals surface area contributed by atoms with Crippen LogP contribution in [0, 0.1) is 11.7 Å². The second-order valence-corrected chi connectivity index (χ2v) is 5.70. The standard InChI is InChI=1S/C12H12N4OS2/c1-7-8(5-15(2)14-7)6-16-11(17)10-9(3-4-19-10)13-12(16)18/h3-5H,6H2,1-2H3,(H,13,18). The number of hydrogen-bond acceptors (Lipinski definition) is 4. The Morgan fingerprint density at radius 3 is 3.00 bits per heavy atom. The van der Waals surface area contributed by atoms with E-state index in [0.29, 0.717) is 16.0 Å². The molecule has 3 aromatic rings. The molecule has 0 aromatic carbocycles. The lowest BCUT2D eigenvalue weighted by molar-refractivity contribution is 0.730. The number of rotatable bonds is 2. The molecular weight excluding hydrogens is 280 g/mol. The number of aromatic nitrogens is 4. The van der Waals surface area contributed by atoms with Crippen molar-refractivity contribution in [3.05, 3.63) is 44.0 Å². The van der Waals surface area contributed by atoms with Crippen LogP contribution in [0.3, 0.4) is 0 Å². The van der Waals surface area contributed by atoms with E-state index < -0.39 is 0 Å². The van der Waals surface area contributed by atoms with Gasteiger partial charge in [0, 0.05) is 18.8 Å². The molecule has 3 aromatic heterocycles. The normalized spacial score (nSPS) is 11.3. The van der Waals surface area contributed by atoms with Crippen LogP contribution in [0.15, 0.2) is 22.4 Å². The summed E-state index contributed by atoms with van der Waals surface area (Å²) in [5, 5.41) is 6.16. The highest BCUT2D eigenvalue weighted by Gasteiger charge is 2.10. The van der Waals surface area contributed by atoms with Gasteiger partial charge in [-0.1, -0.05) is 0 Å². The SMILES string of the molecule is Cc1nn(C)cc1Cn1c(=S)[nH]c2ccsc2c1=O. The first kappa shape index (κ1) is 12.3. The fourth-order valence-corrected chi connectivity index (χ4v) is 3.14. The first-order valence-corrected chi connectivity index (χ1v) is 7.04. The molecule has 0 saturated carbocycles. The molecule has 5 nitrogen and oxygen atoms in total. The van der Waals surface area contributed by atoms with Gasteiger partial charge in [0.05, 0.1) is 17.8 Å². The third-order valence-corrected chi connectivity index (χ3v) is 4.26. The van der Waals surface area contributed by atoms with Crippen molar-refractivity contribution in [2.75, 3.05) is 0 Å². The second kappa shape index (κ2) is 4.43. The van der Waals surface area contributed by atoms with Gasteiger partial charge < -0.3 is 4.98 Å². The van der Waals surface area contributed by atoms with E-state index in [1.54, 1.807) is 9.25 Å². The zero-order valence-corrected chi connectivity index (χ0v) is 12.1. The highest BCUT2D eigenvalue weighted by Crippen LogP contribution is 2.15. The summed E-state index contributed by atoms with van der Waals surface area (Å²) >= 11 is 6.69. The van der Waals surface area contributed by atoms with Gasteiger partial charge in [0.15, 0.2) is 4.77 Å². The van der Waals surface area contributed by atoms with E-state index in [1.165, 1.54) is 11.3 Å². The molecule has 98 valence electrons. The molecule has 0 unspecified atom stereocenters. The van der Waals surface area contributed by atoms with E-state index in [1.807, 2.05) is 31.6 Å². The summed E-state index contributed by atoms with van der Waals surface area (Å²) in [6.45, 7) is 2.37. The maximum Gasteiger partial charge on any atom is 0.272 e. The van der Waals surface area contributed by atoms with Crippen molar-refractivity contribution in [1.82, 2.24) is 19.3 Å². The van der Waals surface area contributed by atoms with E-state index in [0.717, 1.165) is 16.8 Å². The number of H-pyrrole nitrogens is 1. The van der Waals surface area contributed by atoms with Crippen molar-refractivity contribution >= 4 is 33.8 Å². The van der Waals surface area contributed by atoms with Gasteiger partial charge >= 0.3 is 0 Å². The highest BCUT2D eigenvalue weighted by molar-refractivity contribution is 7.71. The van der Waals surface area contributed by atoms with Gasteiger partial charge in [0.1, 0.15) is 4.70 Å². The van der Waals surface area contributed by atoms with E-state index >= 15 is 0 Å². The Balaban J connectivity index is 2.18. The van der Waals surface area contributed by atoms with Crippen LogP contribution in [0.1, 0.15) is 11.3 Å². The maximum absolute atomic E-state index is 12.4. The van der Waals surface area contributed by atoms with Crippen LogP contribution in [0.25, 0.3) is 10.2 Å². The molecule has 3 heterocycles. The number of thiophene rings is 1. The lowest BCUT2D eigenvalue weighted by atomic mass is 10.2. The molecule has 0 atom stereocenters. The average Bonchev–Trinajstić information content (AvgIpc) is 2.91. The van der Waals surface area contributed by atoms with E-state index in [2.05, 4.69) is 10.1 Å². The van der Waals surface area contributed by atoms with Crippen LogP contribution in [0.5, 0.6) is 0 Å². The molecule has 3 rings (SSSR count). The molecule has 0 radical (unpaired) electrons. The number of aromatic amines is 1. The Labute approximate surface area is 118 Å². The predicted molar refractivity (Wildman–Crippen MR) is 78.3 cm³/mol. The average molecular weight is 292 g/mol. The van der Waals surface area contributed by atoms with Crippen molar-refractivity contribution < 1.29 is 0 Å². The Hall–Kier alpha value is -1.73. The summed E-state index contributed by atoms with van der Waals surface area (Å²) in [5.41, 5.74) is 2.67. The van der Waals surface area contributed by atoms with Crippen molar-refractivity contribution in [3.63, 3.8) is 0 Å². The Morgan fingerprint density at radius 1 is 1.53 bits per heavy atom. The predicted octanol–water partition coefficient (Wildman–Crippen LogP) is 2.21. The summed E-state index contributed by atoms with van der Waals surface area (Å²) in [6.07, 6.45) is 1.91. The molecule has 7 heteroatoms. The van der Waals surface area contributed by atoms with Crippen LogP contribution in [-0.2, 0) is 13.6 Å². The van der Waals surface area contributed by atoms with Crippen molar-refractivity contribution in [3.8, 4) is 0 Å². The molecule has 0 aliphatic heterocycles. The molecule has 0 bridgehead atoms. The molecule has 0 amide bonds. The van der Waals surface area contributed by atoms with Crippen molar-refractivity contribution in [2.45, 2.75) is 13.5 Å². The second-order valence-electron chi connectivity index (χ2n) is 4.40. The first-order valence-electron chi connectivity index (χ1n) is 5.75. The van der Waals surface area contributed by atoms with Gasteiger partial charge in [-0.3, -0.25) is 14.0 Å². The van der Waals surface area contributed by atoms with E-state index in [4.69, 9.17) is 12.2 Å². The number of nitrogens with zero attached hydrogens (tertiary/aromatic N) is 3. The molecule has 0 spiro atoms. The molecule has 0 fully saturated rings. The third kappa shape index (κ3) is 2.04. The van der Waals surface area contributed by atoms with Gasteiger partial charge in [0.25, 0.3) is 5.56 Å². The van der Waals surface area contributed by atoms with Crippen molar-refractivity contribution in [2.24, 2.45) is 7.05 Å². The highest BCUT2D eigenvalue weighted by atomic mass is 32.1. The number of nitrogens with one attached hydrogen (secondary N) is 1. The number of aryl methyl sites for hydroxylation is 2. The topological polar surface area (TPSA) is 55.6 Å². The third-order valence-electron chi connectivity index (χ3n) is 3.03. The minimum atomic E-state index is -0.0444. The zero-order valence-electron chi connectivity index (χ0n) is 10.5. The van der Waals surface area contributed by atoms with E-state index in [9.17, 15) is 4.79 Å². The summed E-state index contributed by atoms with van der Waals surface area (Å²) in [7, 11) is 1.86. The quantitative estimate of drug-likeness (QED) is 0.737. The lowest BCUT2D eigenvalue weighted by Crippen LogP contribution is -2.22. The number of hydrogen-bond donors (Lipinski definition) is 1. The molecule has 0 aliphatic rings. The fourth-order valence-electron chi connectivity index (χ4n) is 2.09. The van der Waals surface area contributed by atoms with Gasteiger partial charge in [-0.2, -0.15) is 5.10 Å². The molecule has 19 heavy (non-hydrogen) atoms. The van der Waals surface area contributed by atoms with Gasteiger partial charge in [-0.15, -0.1) is 11.3 Å². The smallest absolute Gasteiger partial charge is 0.272 e. The Morgan fingerprint density at radius 2 is 2.32 bits per heavy atom. The lowest BCUT2D eigenvalue weighted by Gasteiger charge is -2.05. The van der Waals surface area contributed by atoms with Crippen molar-refractivity contribution in [1.29, 1.82) is 0 Å². The minimum absolute atomic E-state index is 0.0444. The largest absolute Gasteiger partial charge is 0.331 e. The van der Waals surface area contributed by atoms with Gasteiger partial charge in [-0.05, 0) is 30.6 Å². The monoisotopic (exact) mass is 292 g/mol. The van der Waals surface area contributed by atoms with E-state index in [-0.39, 0.29) is 5.56 Å². The zero-order chi connectivity index (χ0) is 13.6. The molecule has 1 N–H and O–H groups in total. The molecule has 0 aliphatic carbocycles.